The molecule has 138 valence electrons. The molecule has 2 aromatic rings. The van der Waals surface area contributed by atoms with E-state index < -0.39 is 0 Å². The number of aryl methyl sites for hydroxylation is 1. The zero-order valence-electron chi connectivity index (χ0n) is 15.1. The van der Waals surface area contributed by atoms with Gasteiger partial charge in [0.05, 0.1) is 11.2 Å². The number of hydrogen-bond acceptors (Lipinski definition) is 5. The van der Waals surface area contributed by atoms with Gasteiger partial charge < -0.3 is 9.80 Å². The van der Waals surface area contributed by atoms with Crippen molar-refractivity contribution in [2.75, 3.05) is 13.1 Å². The SMILES string of the molecule is CC(=O)N(Cc1ccsc1)[C@H]1CC12CCN(C(=O)c1scnc1C)CC2. The normalized spacial score (nSPS) is 21.0. The lowest BCUT2D eigenvalue weighted by Crippen LogP contribution is -2.42. The minimum absolute atomic E-state index is 0.110. The van der Waals surface area contributed by atoms with E-state index >= 15 is 0 Å². The molecule has 26 heavy (non-hydrogen) atoms. The number of thiophene rings is 1. The minimum atomic E-state index is 0.110. The van der Waals surface area contributed by atoms with Crippen molar-refractivity contribution in [2.45, 2.75) is 45.7 Å². The van der Waals surface area contributed by atoms with Gasteiger partial charge >= 0.3 is 0 Å². The number of thiazole rings is 1. The van der Waals surface area contributed by atoms with Gasteiger partial charge in [0.1, 0.15) is 4.88 Å². The third kappa shape index (κ3) is 3.18. The van der Waals surface area contributed by atoms with Gasteiger partial charge in [-0.25, -0.2) is 4.98 Å². The Bertz CT molecular complexity index is 807. The highest BCUT2D eigenvalue weighted by Crippen LogP contribution is 2.57. The smallest absolute Gasteiger partial charge is 0.265 e. The standard InChI is InChI=1S/C19H23N3O2S2/c1-13-17(26-12-20-13)18(24)21-6-4-19(5-7-21)9-16(19)22(14(2)23)10-15-3-8-25-11-15/h3,8,11-12,16H,4-7,9-10H2,1-2H3/t16-/m0/s1. The summed E-state index contributed by atoms with van der Waals surface area (Å²) in [5, 5.41) is 4.17. The maximum Gasteiger partial charge on any atom is 0.265 e. The number of piperidine rings is 1. The Labute approximate surface area is 161 Å². The van der Waals surface area contributed by atoms with Crippen LogP contribution in [0.4, 0.5) is 0 Å². The molecule has 3 heterocycles. The zero-order valence-corrected chi connectivity index (χ0v) is 16.7. The van der Waals surface area contributed by atoms with E-state index in [9.17, 15) is 9.59 Å². The first kappa shape index (κ1) is 17.7. The van der Waals surface area contributed by atoms with Gasteiger partial charge in [0.25, 0.3) is 5.91 Å². The van der Waals surface area contributed by atoms with Gasteiger partial charge in [-0.3, -0.25) is 9.59 Å². The van der Waals surface area contributed by atoms with E-state index in [1.54, 1.807) is 23.8 Å². The van der Waals surface area contributed by atoms with Crippen LogP contribution in [0.3, 0.4) is 0 Å². The predicted molar refractivity (Wildman–Crippen MR) is 103 cm³/mol. The molecule has 2 amide bonds. The summed E-state index contributed by atoms with van der Waals surface area (Å²) in [4.78, 5) is 33.8. The van der Waals surface area contributed by atoms with Gasteiger partial charge in [-0.1, -0.05) is 0 Å². The highest BCUT2D eigenvalue weighted by molar-refractivity contribution is 7.11. The lowest BCUT2D eigenvalue weighted by atomic mass is 9.92. The molecule has 4 rings (SSSR count). The van der Waals surface area contributed by atoms with Crippen LogP contribution in [-0.2, 0) is 11.3 Å². The van der Waals surface area contributed by atoms with Crippen LogP contribution in [0.5, 0.6) is 0 Å². The summed E-state index contributed by atoms with van der Waals surface area (Å²) in [5.74, 6) is 0.260. The maximum absolute atomic E-state index is 12.7. The van der Waals surface area contributed by atoms with Crippen molar-refractivity contribution in [3.8, 4) is 0 Å². The molecule has 0 unspecified atom stereocenters. The summed E-state index contributed by atoms with van der Waals surface area (Å²) in [6.45, 7) is 5.81. The lowest BCUT2D eigenvalue weighted by Gasteiger charge is -2.34. The van der Waals surface area contributed by atoms with E-state index in [0.717, 1.165) is 42.9 Å². The highest BCUT2D eigenvalue weighted by Gasteiger charge is 2.58. The van der Waals surface area contributed by atoms with Crippen LogP contribution in [0.15, 0.2) is 22.3 Å². The van der Waals surface area contributed by atoms with E-state index in [2.05, 4.69) is 21.8 Å². The van der Waals surface area contributed by atoms with Gasteiger partial charge in [0.15, 0.2) is 0 Å². The third-order valence-electron chi connectivity index (χ3n) is 5.85. The fraction of sp³-hybridized carbons (Fsp3) is 0.526. The Kier molecular flexibility index (Phi) is 4.61. The van der Waals surface area contributed by atoms with E-state index in [4.69, 9.17) is 0 Å². The van der Waals surface area contributed by atoms with Crippen molar-refractivity contribution in [1.29, 1.82) is 0 Å². The fourth-order valence-electron chi connectivity index (χ4n) is 4.13. The Hall–Kier alpha value is -1.73. The molecule has 0 radical (unpaired) electrons. The summed E-state index contributed by atoms with van der Waals surface area (Å²) in [6, 6.07) is 2.41. The molecule has 5 nitrogen and oxygen atoms in total. The number of carbonyl (C=O) groups is 2. The second kappa shape index (κ2) is 6.78. The van der Waals surface area contributed by atoms with Gasteiger partial charge in [0, 0.05) is 32.6 Å². The molecule has 1 atom stereocenters. The van der Waals surface area contributed by atoms with Gasteiger partial charge in [-0.2, -0.15) is 11.3 Å². The summed E-state index contributed by atoms with van der Waals surface area (Å²) >= 11 is 3.09. The van der Waals surface area contributed by atoms with Crippen LogP contribution in [0.2, 0.25) is 0 Å². The number of carbonyl (C=O) groups excluding carboxylic acids is 2. The van der Waals surface area contributed by atoms with E-state index in [1.165, 1.54) is 16.9 Å². The molecule has 2 aliphatic rings. The summed E-state index contributed by atoms with van der Waals surface area (Å²) in [5.41, 5.74) is 3.98. The van der Waals surface area contributed by atoms with Gasteiger partial charge in [-0.15, -0.1) is 11.3 Å². The first-order valence-corrected chi connectivity index (χ1v) is 10.8. The number of hydrogen-bond donors (Lipinski definition) is 0. The molecule has 1 saturated carbocycles. The molecule has 1 saturated heterocycles. The van der Waals surface area contributed by atoms with Gasteiger partial charge in [0.2, 0.25) is 5.91 Å². The monoisotopic (exact) mass is 389 g/mol. The van der Waals surface area contributed by atoms with Crippen LogP contribution < -0.4 is 0 Å². The Morgan fingerprint density at radius 2 is 2.15 bits per heavy atom. The number of nitrogens with zero attached hydrogens (tertiary/aromatic N) is 3. The first-order chi connectivity index (χ1) is 12.5. The largest absolute Gasteiger partial charge is 0.338 e. The average molecular weight is 390 g/mol. The van der Waals surface area contributed by atoms with Crippen molar-refractivity contribution in [3.05, 3.63) is 38.5 Å². The molecule has 0 aromatic carbocycles. The van der Waals surface area contributed by atoms with Crippen LogP contribution in [0, 0.1) is 12.3 Å². The molecular weight excluding hydrogens is 366 g/mol. The van der Waals surface area contributed by atoms with Crippen molar-refractivity contribution < 1.29 is 9.59 Å². The van der Waals surface area contributed by atoms with E-state index in [0.29, 0.717) is 12.6 Å². The quantitative estimate of drug-likeness (QED) is 0.803. The molecule has 1 spiro atoms. The Morgan fingerprint density at radius 1 is 1.38 bits per heavy atom. The van der Waals surface area contributed by atoms with Crippen LogP contribution in [0.25, 0.3) is 0 Å². The first-order valence-electron chi connectivity index (χ1n) is 8.98. The van der Waals surface area contributed by atoms with Crippen molar-refractivity contribution in [3.63, 3.8) is 0 Å². The summed E-state index contributed by atoms with van der Waals surface area (Å²) < 4.78 is 0. The zero-order chi connectivity index (χ0) is 18.3. The molecule has 7 heteroatoms. The van der Waals surface area contributed by atoms with Gasteiger partial charge in [-0.05, 0) is 54.0 Å². The number of rotatable bonds is 4. The van der Waals surface area contributed by atoms with Crippen molar-refractivity contribution in [1.82, 2.24) is 14.8 Å². The fourth-order valence-corrected chi connectivity index (χ4v) is 5.56. The predicted octanol–water partition coefficient (Wildman–Crippen LogP) is 3.56. The van der Waals surface area contributed by atoms with Crippen LogP contribution >= 0.6 is 22.7 Å². The van der Waals surface area contributed by atoms with Crippen LogP contribution in [0.1, 0.15) is 47.1 Å². The van der Waals surface area contributed by atoms with Crippen LogP contribution in [-0.4, -0.2) is 45.7 Å². The molecule has 0 N–H and O–H groups in total. The molecule has 1 aliphatic heterocycles. The van der Waals surface area contributed by atoms with Crippen molar-refractivity contribution >= 4 is 34.5 Å². The van der Waals surface area contributed by atoms with E-state index in [1.807, 2.05) is 16.7 Å². The summed E-state index contributed by atoms with van der Waals surface area (Å²) in [6.07, 6.45) is 3.03. The molecule has 0 bridgehead atoms. The average Bonchev–Trinajstić information content (AvgIpc) is 2.98. The maximum atomic E-state index is 12.7. The molecule has 2 aromatic heterocycles. The number of aromatic nitrogens is 1. The lowest BCUT2D eigenvalue weighted by molar-refractivity contribution is -0.130. The number of amides is 2. The van der Waals surface area contributed by atoms with Crippen molar-refractivity contribution in [2.24, 2.45) is 5.41 Å². The third-order valence-corrected chi connectivity index (χ3v) is 7.50. The second-order valence-electron chi connectivity index (χ2n) is 7.42. The number of likely N-dealkylation sites (tertiary alicyclic amines) is 1. The second-order valence-corrected chi connectivity index (χ2v) is 9.05. The molecular formula is C19H23N3O2S2. The Morgan fingerprint density at radius 3 is 2.73 bits per heavy atom. The minimum Gasteiger partial charge on any atom is -0.338 e. The summed E-state index contributed by atoms with van der Waals surface area (Å²) in [7, 11) is 0. The van der Waals surface area contributed by atoms with E-state index in [-0.39, 0.29) is 17.2 Å². The highest BCUT2D eigenvalue weighted by atomic mass is 32.1. The molecule has 2 fully saturated rings. The molecule has 1 aliphatic carbocycles. The Balaban J connectivity index is 1.39. The topological polar surface area (TPSA) is 53.5 Å².